The third kappa shape index (κ3) is 9.79. The lowest BCUT2D eigenvalue weighted by Gasteiger charge is -2.37. The zero-order chi connectivity index (χ0) is 48.9. The van der Waals surface area contributed by atoms with E-state index in [1.165, 1.54) is 98.1 Å². The Hall–Kier alpha value is -6.18. The fourth-order valence-electron chi connectivity index (χ4n) is 10.6. The maximum Gasteiger partial charge on any atom is 0.346 e. The number of benzene rings is 5. The van der Waals surface area contributed by atoms with Crippen LogP contribution < -0.4 is 4.90 Å². The van der Waals surface area contributed by atoms with Crippen LogP contribution >= 0.6 is 34.4 Å². The van der Waals surface area contributed by atoms with Gasteiger partial charge in [0.1, 0.15) is 22.7 Å². The van der Waals surface area contributed by atoms with Gasteiger partial charge in [0.05, 0.1) is 11.7 Å². The Labute approximate surface area is 426 Å². The first-order valence-corrected chi connectivity index (χ1v) is 27.5. The van der Waals surface area contributed by atoms with Gasteiger partial charge in [-0.3, -0.25) is 0 Å². The van der Waals surface area contributed by atoms with Crippen molar-refractivity contribution in [1.82, 2.24) is 8.75 Å². The quantitative estimate of drug-likeness (QED) is 0.0604. The predicted octanol–water partition coefficient (Wildman–Crippen LogP) is 18.4. The van der Waals surface area contributed by atoms with Crippen molar-refractivity contribution in [3.05, 3.63) is 153 Å². The number of nitrogens with zero attached hydrogens (tertiary/aromatic N) is 4. The number of carboxylic acid groups (broad SMARTS) is 1. The lowest BCUT2D eigenvalue weighted by Crippen LogP contribution is -2.30. The van der Waals surface area contributed by atoms with Crippen molar-refractivity contribution in [3.8, 4) is 49.2 Å². The molecule has 5 aromatic carbocycles. The molecular formula is C61H62N4O2S3. The van der Waals surface area contributed by atoms with Crippen LogP contribution in [0.3, 0.4) is 0 Å². The number of aryl methyl sites for hydroxylation is 2. The lowest BCUT2D eigenvalue weighted by atomic mass is 9.70. The minimum atomic E-state index is -1.22. The lowest BCUT2D eigenvalue weighted by molar-refractivity contribution is -0.132. The van der Waals surface area contributed by atoms with Gasteiger partial charge in [0.15, 0.2) is 0 Å². The van der Waals surface area contributed by atoms with Crippen molar-refractivity contribution in [2.75, 3.05) is 4.90 Å². The predicted molar refractivity (Wildman–Crippen MR) is 297 cm³/mol. The molecule has 0 bridgehead atoms. The van der Waals surface area contributed by atoms with Crippen LogP contribution in [0.1, 0.15) is 118 Å². The number of fused-ring (bicyclic) bond motifs is 4. The standard InChI is InChI=1S/C61H62N4O2S3/c1-7-11-13-41(9-3)36-61(37-42(10-4)14-12-8-2)58-52(34-54(68-58)45-21-19-43(20-22-45)33-46(38-62)60(66)67)53-35-55(69-59(53)61)51-32-31-50(56-57(51)64-70-63-56)44-23-29-49(30-24-44)65(47-25-15-39(5)16-26-47)48-27-17-40(6)18-28-48/h15-35,41-42H,7-14,36-37H2,1-6H3,(H,66,67)/b46-33+. The summed E-state index contributed by atoms with van der Waals surface area (Å²) in [6, 6.07) is 45.5. The highest BCUT2D eigenvalue weighted by atomic mass is 32.1. The summed E-state index contributed by atoms with van der Waals surface area (Å²) in [7, 11) is 0. The molecule has 3 aromatic heterocycles. The van der Waals surface area contributed by atoms with E-state index in [1.54, 1.807) is 0 Å². The minimum absolute atomic E-state index is 0.114. The molecule has 8 aromatic rings. The summed E-state index contributed by atoms with van der Waals surface area (Å²) in [5, 5.41) is 18.9. The molecule has 2 unspecified atom stereocenters. The Bertz CT molecular complexity index is 3110. The van der Waals surface area contributed by atoms with Gasteiger partial charge in [0, 0.05) is 53.1 Å². The molecule has 0 fully saturated rings. The van der Waals surface area contributed by atoms with Crippen molar-refractivity contribution in [2.24, 2.45) is 11.8 Å². The van der Waals surface area contributed by atoms with E-state index in [0.717, 1.165) is 76.0 Å². The number of thiophene rings is 2. The normalized spacial score (nSPS) is 15.1. The minimum Gasteiger partial charge on any atom is -0.477 e. The Morgan fingerprint density at radius 2 is 1.11 bits per heavy atom. The van der Waals surface area contributed by atoms with Gasteiger partial charge in [-0.25, -0.2) is 4.79 Å². The van der Waals surface area contributed by atoms with E-state index in [2.05, 4.69) is 156 Å². The number of anilines is 3. The molecule has 6 nitrogen and oxygen atoms in total. The van der Waals surface area contributed by atoms with E-state index in [-0.39, 0.29) is 11.0 Å². The van der Waals surface area contributed by atoms with Crippen LogP contribution in [0.5, 0.6) is 0 Å². The summed E-state index contributed by atoms with van der Waals surface area (Å²) in [4.78, 5) is 19.4. The van der Waals surface area contributed by atoms with Gasteiger partial charge in [-0.2, -0.15) is 14.0 Å². The van der Waals surface area contributed by atoms with Crippen molar-refractivity contribution in [3.63, 3.8) is 0 Å². The number of unbranched alkanes of at least 4 members (excludes halogenated alkanes) is 2. The maximum absolute atomic E-state index is 11.6. The van der Waals surface area contributed by atoms with Crippen LogP contribution in [0, 0.1) is 37.0 Å². The van der Waals surface area contributed by atoms with Crippen LogP contribution in [0.25, 0.3) is 60.2 Å². The number of carbonyl (C=O) groups is 1. The third-order valence-electron chi connectivity index (χ3n) is 14.5. The number of aromatic nitrogens is 2. The van der Waals surface area contributed by atoms with Crippen LogP contribution in [-0.4, -0.2) is 19.8 Å². The summed E-state index contributed by atoms with van der Waals surface area (Å²) in [6.07, 6.45) is 13.4. The zero-order valence-electron chi connectivity index (χ0n) is 41.2. The highest BCUT2D eigenvalue weighted by molar-refractivity contribution is 7.18. The summed E-state index contributed by atoms with van der Waals surface area (Å²) >= 11 is 5.23. The zero-order valence-corrected chi connectivity index (χ0v) is 43.7. The van der Waals surface area contributed by atoms with Gasteiger partial charge in [-0.1, -0.05) is 163 Å². The van der Waals surface area contributed by atoms with E-state index in [0.29, 0.717) is 17.4 Å². The second kappa shape index (κ2) is 21.4. The molecule has 2 atom stereocenters. The molecular weight excluding hydrogens is 917 g/mol. The van der Waals surface area contributed by atoms with Gasteiger partial charge in [0.25, 0.3) is 0 Å². The van der Waals surface area contributed by atoms with Crippen molar-refractivity contribution in [1.29, 1.82) is 5.26 Å². The van der Waals surface area contributed by atoms with Gasteiger partial charge >= 0.3 is 5.97 Å². The Balaban J connectivity index is 1.13. The number of rotatable bonds is 20. The Kier molecular flexibility index (Phi) is 15.0. The molecule has 1 N–H and O–H groups in total. The highest BCUT2D eigenvalue weighted by Gasteiger charge is 2.48. The topological polar surface area (TPSA) is 90.1 Å². The van der Waals surface area contributed by atoms with Crippen LogP contribution in [0.2, 0.25) is 0 Å². The monoisotopic (exact) mass is 978 g/mol. The molecule has 3 heterocycles. The summed E-state index contributed by atoms with van der Waals surface area (Å²) in [5.41, 5.74) is 15.1. The first-order valence-electron chi connectivity index (χ1n) is 25.1. The summed E-state index contributed by atoms with van der Waals surface area (Å²) < 4.78 is 10.0. The fraction of sp³-hybridized carbons (Fsp3) is 0.311. The van der Waals surface area contributed by atoms with E-state index < -0.39 is 5.97 Å². The molecule has 1 aliphatic carbocycles. The molecule has 0 amide bonds. The Morgan fingerprint density at radius 3 is 1.61 bits per heavy atom. The molecule has 0 saturated carbocycles. The number of hydrogen-bond acceptors (Lipinski definition) is 8. The third-order valence-corrected chi connectivity index (χ3v) is 17.8. The van der Waals surface area contributed by atoms with Crippen molar-refractivity contribution < 1.29 is 9.90 Å². The first-order chi connectivity index (χ1) is 34.1. The molecule has 0 radical (unpaired) electrons. The number of hydrogen-bond donors (Lipinski definition) is 1. The van der Waals surface area contributed by atoms with Gasteiger partial charge in [0.2, 0.25) is 0 Å². The Morgan fingerprint density at radius 1 is 0.643 bits per heavy atom. The average molecular weight is 979 g/mol. The molecule has 9 heteroatoms. The van der Waals surface area contributed by atoms with Crippen molar-refractivity contribution >= 4 is 74.5 Å². The molecule has 0 saturated heterocycles. The summed E-state index contributed by atoms with van der Waals surface area (Å²) in [5.74, 6) is -0.00587. The molecule has 9 rings (SSSR count). The van der Waals surface area contributed by atoms with Crippen LogP contribution in [0.15, 0.2) is 127 Å². The number of aliphatic carboxylic acids is 1. The smallest absolute Gasteiger partial charge is 0.346 e. The largest absolute Gasteiger partial charge is 0.477 e. The maximum atomic E-state index is 11.6. The molecule has 0 spiro atoms. The van der Waals surface area contributed by atoms with Gasteiger partial charge < -0.3 is 10.0 Å². The molecule has 1 aliphatic rings. The summed E-state index contributed by atoms with van der Waals surface area (Å²) in [6.45, 7) is 13.7. The molecule has 70 heavy (non-hydrogen) atoms. The SMILES string of the molecule is CCCCC(CC)CC1(CC(CC)CCCC)c2sc(-c3ccc(/C=C(\C#N)C(=O)O)cc3)cc2-c2cc(-c3ccc(-c4ccc(N(c5ccc(C)cc5)c5ccc(C)cc5)cc4)c4nsnc34)sc21. The second-order valence-electron chi connectivity index (χ2n) is 19.3. The van der Waals surface area contributed by atoms with E-state index in [1.807, 2.05) is 40.9 Å². The van der Waals surface area contributed by atoms with E-state index >= 15 is 0 Å². The number of nitriles is 1. The van der Waals surface area contributed by atoms with Crippen LogP contribution in [0.4, 0.5) is 17.1 Å². The second-order valence-corrected chi connectivity index (χ2v) is 21.9. The fourth-order valence-corrected chi connectivity index (χ4v) is 14.0. The van der Waals surface area contributed by atoms with Gasteiger partial charge in [-0.15, -0.1) is 22.7 Å². The van der Waals surface area contributed by atoms with Gasteiger partial charge in [-0.05, 0) is 121 Å². The van der Waals surface area contributed by atoms with Crippen molar-refractivity contribution in [2.45, 2.75) is 111 Å². The average Bonchev–Trinajstić information content (AvgIpc) is 4.19. The van der Waals surface area contributed by atoms with Crippen LogP contribution in [-0.2, 0) is 10.2 Å². The van der Waals surface area contributed by atoms with E-state index in [9.17, 15) is 15.2 Å². The number of carboxylic acids is 1. The first kappa shape index (κ1) is 48.8. The highest BCUT2D eigenvalue weighted by Crippen LogP contribution is 2.63. The molecule has 0 aliphatic heterocycles. The molecule has 356 valence electrons. The van der Waals surface area contributed by atoms with E-state index in [4.69, 9.17) is 8.75 Å².